The molecule has 0 aliphatic carbocycles. The fourth-order valence-corrected chi connectivity index (χ4v) is 2.69. The molecule has 2 aromatic carbocycles. The molecule has 1 heterocycles. The maximum absolute atomic E-state index is 12.5. The summed E-state index contributed by atoms with van der Waals surface area (Å²) in [5.74, 6) is 0.630. The van der Waals surface area contributed by atoms with Gasteiger partial charge >= 0.3 is 0 Å². The second-order valence-corrected chi connectivity index (χ2v) is 6.65. The summed E-state index contributed by atoms with van der Waals surface area (Å²) in [5, 5.41) is 7.83. The van der Waals surface area contributed by atoms with Crippen molar-refractivity contribution in [1.82, 2.24) is 5.16 Å². The Balaban J connectivity index is 1.76. The Labute approximate surface area is 164 Å². The molecule has 1 aromatic heterocycles. The third kappa shape index (κ3) is 4.30. The average molecular weight is 412 g/mol. The van der Waals surface area contributed by atoms with E-state index in [1.165, 1.54) is 0 Å². The minimum atomic E-state index is -0.440. The molecule has 0 aliphatic rings. The van der Waals surface area contributed by atoms with Crippen molar-refractivity contribution in [2.75, 3.05) is 5.32 Å². The molecule has 1 amide bonds. The molecule has 0 unspecified atom stereocenters. The zero-order valence-electron chi connectivity index (χ0n) is 13.6. The summed E-state index contributed by atoms with van der Waals surface area (Å²) in [4.78, 5) is 12.5. The minimum absolute atomic E-state index is 0.111. The Morgan fingerprint density at radius 3 is 2.69 bits per heavy atom. The number of carbonyl (C=O) groups excluding carboxylic acids is 1. The number of aryl methyl sites for hydroxylation is 1. The molecule has 1 N–H and O–H groups in total. The number of benzene rings is 2. The molecule has 3 aromatic rings. The van der Waals surface area contributed by atoms with E-state index in [0.717, 1.165) is 0 Å². The van der Waals surface area contributed by atoms with Gasteiger partial charge in [0.1, 0.15) is 18.1 Å². The van der Waals surface area contributed by atoms with Gasteiger partial charge in [-0.25, -0.2) is 0 Å². The Hall–Kier alpha value is -2.21. The van der Waals surface area contributed by atoms with Crippen molar-refractivity contribution in [3.05, 3.63) is 74.6 Å². The van der Waals surface area contributed by atoms with E-state index in [0.29, 0.717) is 37.8 Å². The third-order valence-corrected chi connectivity index (χ3v) is 4.53. The highest BCUT2D eigenvalue weighted by molar-refractivity contribution is 6.42. The molecule has 0 spiro atoms. The smallest absolute Gasteiger partial charge is 0.278 e. The summed E-state index contributed by atoms with van der Waals surface area (Å²) < 4.78 is 10.8. The van der Waals surface area contributed by atoms with E-state index < -0.39 is 5.91 Å². The van der Waals surface area contributed by atoms with Crippen LogP contribution in [0.15, 0.2) is 47.0 Å². The first-order valence-electron chi connectivity index (χ1n) is 7.54. The monoisotopic (exact) mass is 410 g/mol. The zero-order valence-corrected chi connectivity index (χ0v) is 15.8. The Morgan fingerprint density at radius 1 is 1.15 bits per heavy atom. The normalized spacial score (nSPS) is 10.6. The third-order valence-electron chi connectivity index (χ3n) is 3.56. The maximum atomic E-state index is 12.5. The Morgan fingerprint density at radius 2 is 1.96 bits per heavy atom. The van der Waals surface area contributed by atoms with Gasteiger partial charge in [-0.2, -0.15) is 0 Å². The van der Waals surface area contributed by atoms with Gasteiger partial charge in [0.15, 0.2) is 5.69 Å². The molecule has 3 rings (SSSR count). The van der Waals surface area contributed by atoms with E-state index in [1.54, 1.807) is 49.4 Å². The summed E-state index contributed by atoms with van der Waals surface area (Å²) in [5.41, 5.74) is 1.17. The number of hydrogen-bond acceptors (Lipinski definition) is 4. The van der Waals surface area contributed by atoms with Crippen LogP contribution in [0.1, 0.15) is 21.8 Å². The van der Waals surface area contributed by atoms with E-state index in [4.69, 9.17) is 44.1 Å². The van der Waals surface area contributed by atoms with Crippen LogP contribution in [0.25, 0.3) is 0 Å². The Kier molecular flexibility index (Phi) is 5.71. The molecular formula is C18H13Cl3N2O3. The predicted octanol–water partition coefficient (Wildman–Crippen LogP) is 5.77. The summed E-state index contributed by atoms with van der Waals surface area (Å²) in [6.45, 7) is 1.82. The molecule has 5 nitrogen and oxygen atoms in total. The van der Waals surface area contributed by atoms with Gasteiger partial charge in [-0.3, -0.25) is 4.79 Å². The highest BCUT2D eigenvalue weighted by Gasteiger charge is 2.21. The van der Waals surface area contributed by atoms with Gasteiger partial charge < -0.3 is 14.6 Å². The number of nitrogens with one attached hydrogen (secondary N) is 1. The second kappa shape index (κ2) is 7.99. The summed E-state index contributed by atoms with van der Waals surface area (Å²) in [7, 11) is 0. The lowest BCUT2D eigenvalue weighted by Crippen LogP contribution is -2.15. The highest BCUT2D eigenvalue weighted by Crippen LogP contribution is 2.26. The fourth-order valence-electron chi connectivity index (χ4n) is 2.22. The van der Waals surface area contributed by atoms with E-state index in [2.05, 4.69) is 10.5 Å². The Bertz CT molecular complexity index is 957. The predicted molar refractivity (Wildman–Crippen MR) is 101 cm³/mol. The van der Waals surface area contributed by atoms with Gasteiger partial charge in [0, 0.05) is 10.7 Å². The lowest BCUT2D eigenvalue weighted by Gasteiger charge is -2.08. The molecule has 0 bridgehead atoms. The van der Waals surface area contributed by atoms with Gasteiger partial charge in [-0.15, -0.1) is 0 Å². The topological polar surface area (TPSA) is 64.4 Å². The van der Waals surface area contributed by atoms with Crippen molar-refractivity contribution in [3.63, 3.8) is 0 Å². The van der Waals surface area contributed by atoms with Crippen molar-refractivity contribution in [2.45, 2.75) is 13.5 Å². The summed E-state index contributed by atoms with van der Waals surface area (Å²) >= 11 is 17.8. The van der Waals surface area contributed by atoms with Gasteiger partial charge in [-0.1, -0.05) is 46.0 Å². The highest BCUT2D eigenvalue weighted by atomic mass is 35.5. The first-order valence-corrected chi connectivity index (χ1v) is 8.67. The van der Waals surface area contributed by atoms with Gasteiger partial charge in [-0.05, 0) is 43.3 Å². The molecule has 0 atom stereocenters. The van der Waals surface area contributed by atoms with Crippen LogP contribution in [-0.2, 0) is 6.61 Å². The van der Waals surface area contributed by atoms with Crippen LogP contribution in [0.3, 0.4) is 0 Å². The van der Waals surface area contributed by atoms with E-state index >= 15 is 0 Å². The van der Waals surface area contributed by atoms with Crippen LogP contribution < -0.4 is 10.1 Å². The first kappa shape index (κ1) is 18.6. The van der Waals surface area contributed by atoms with Crippen molar-refractivity contribution in [1.29, 1.82) is 0 Å². The van der Waals surface area contributed by atoms with Crippen LogP contribution >= 0.6 is 34.8 Å². The molecule has 8 heteroatoms. The number of hydrogen-bond donors (Lipinski definition) is 1. The number of aromatic nitrogens is 1. The van der Waals surface area contributed by atoms with Crippen LogP contribution in [0.4, 0.5) is 5.69 Å². The van der Waals surface area contributed by atoms with E-state index in [9.17, 15) is 4.79 Å². The lowest BCUT2D eigenvalue weighted by atomic mass is 10.2. The largest absolute Gasteiger partial charge is 0.489 e. The molecule has 0 radical (unpaired) electrons. The van der Waals surface area contributed by atoms with E-state index in [-0.39, 0.29) is 12.3 Å². The number of anilines is 1. The minimum Gasteiger partial charge on any atom is -0.489 e. The molecule has 0 saturated heterocycles. The summed E-state index contributed by atoms with van der Waals surface area (Å²) in [6, 6.07) is 11.8. The lowest BCUT2D eigenvalue weighted by molar-refractivity contribution is 0.101. The molecular weight excluding hydrogens is 399 g/mol. The van der Waals surface area contributed by atoms with Crippen molar-refractivity contribution >= 4 is 46.4 Å². The number of halogens is 3. The average Bonchev–Trinajstić information content (AvgIpc) is 2.97. The fraction of sp³-hybridized carbons (Fsp3) is 0.111. The number of ether oxygens (including phenoxy) is 1. The number of rotatable bonds is 5. The second-order valence-electron chi connectivity index (χ2n) is 5.39. The van der Waals surface area contributed by atoms with Crippen molar-refractivity contribution in [2.24, 2.45) is 0 Å². The first-order chi connectivity index (χ1) is 12.4. The standard InChI is InChI=1S/C18H13Cl3N2O3/c1-10-14(9-25-13-4-2-3-11(19)7-13)17(23-26-10)18(24)22-12-5-6-15(20)16(21)8-12/h2-8H,9H2,1H3,(H,22,24). The van der Waals surface area contributed by atoms with Crippen LogP contribution in [0.5, 0.6) is 5.75 Å². The molecule has 0 saturated carbocycles. The van der Waals surface area contributed by atoms with Gasteiger partial charge in [0.2, 0.25) is 0 Å². The molecule has 134 valence electrons. The van der Waals surface area contributed by atoms with Crippen LogP contribution in [0, 0.1) is 6.92 Å². The molecule has 26 heavy (non-hydrogen) atoms. The van der Waals surface area contributed by atoms with Crippen molar-refractivity contribution in [3.8, 4) is 5.75 Å². The quantitative estimate of drug-likeness (QED) is 0.578. The van der Waals surface area contributed by atoms with Crippen LogP contribution in [-0.4, -0.2) is 11.1 Å². The van der Waals surface area contributed by atoms with Gasteiger partial charge in [0.25, 0.3) is 5.91 Å². The SMILES string of the molecule is Cc1onc(C(=O)Nc2ccc(Cl)c(Cl)c2)c1COc1cccc(Cl)c1. The van der Waals surface area contributed by atoms with Crippen LogP contribution in [0.2, 0.25) is 15.1 Å². The number of carbonyl (C=O) groups is 1. The van der Waals surface area contributed by atoms with Crippen molar-refractivity contribution < 1.29 is 14.1 Å². The number of nitrogens with zero attached hydrogens (tertiary/aromatic N) is 1. The van der Waals surface area contributed by atoms with E-state index in [1.807, 2.05) is 0 Å². The summed E-state index contributed by atoms with van der Waals surface area (Å²) in [6.07, 6.45) is 0. The zero-order chi connectivity index (χ0) is 18.7. The maximum Gasteiger partial charge on any atom is 0.278 e. The van der Waals surface area contributed by atoms with Gasteiger partial charge in [0.05, 0.1) is 15.6 Å². The number of amides is 1. The molecule has 0 fully saturated rings. The molecule has 0 aliphatic heterocycles.